The number of carboxylic acid groups (broad SMARTS) is 1. The monoisotopic (exact) mass is 357 g/mol. The molecule has 7 nitrogen and oxygen atoms in total. The maximum absolute atomic E-state index is 12.0. The quantitative estimate of drug-likeness (QED) is 0.345. The highest BCUT2D eigenvalue weighted by atomic mass is 35.5. The lowest BCUT2D eigenvalue weighted by Gasteiger charge is -2.14. The van der Waals surface area contributed by atoms with Crippen LogP contribution in [-0.2, 0) is 9.59 Å². The molecule has 0 N–H and O–H groups in total. The third-order valence-electron chi connectivity index (χ3n) is 2.63. The minimum atomic E-state index is -1.43. The van der Waals surface area contributed by atoms with Gasteiger partial charge in [-0.15, -0.1) is 0 Å². The van der Waals surface area contributed by atoms with Crippen LogP contribution in [0, 0.1) is 10.1 Å². The molecule has 1 fully saturated rings. The van der Waals surface area contributed by atoms with Crippen LogP contribution in [0.1, 0.15) is 5.56 Å². The Labute approximate surface area is 138 Å². The average molecular weight is 358 g/mol. The molecule has 0 aromatic heterocycles. The van der Waals surface area contributed by atoms with E-state index in [4.69, 9.17) is 23.8 Å². The molecule has 114 valence electrons. The number of carbonyl (C=O) groups is 2. The molecule has 1 aromatic carbocycles. The third kappa shape index (κ3) is 3.43. The number of carbonyl (C=O) groups excluding carboxylic acids is 2. The van der Waals surface area contributed by atoms with E-state index >= 15 is 0 Å². The summed E-state index contributed by atoms with van der Waals surface area (Å²) >= 11 is 11.5. The van der Waals surface area contributed by atoms with E-state index in [1.165, 1.54) is 24.3 Å². The molecule has 1 aromatic rings. The molecule has 0 atom stereocenters. The number of amides is 1. The van der Waals surface area contributed by atoms with Gasteiger partial charge in [-0.25, -0.2) is 0 Å². The molecule has 1 heterocycles. The number of rotatable bonds is 4. The number of carboxylic acids is 1. The van der Waals surface area contributed by atoms with Crippen molar-refractivity contribution in [3.63, 3.8) is 0 Å². The second kappa shape index (κ2) is 6.42. The summed E-state index contributed by atoms with van der Waals surface area (Å²) in [6.45, 7) is -0.636. The van der Waals surface area contributed by atoms with Crippen molar-refractivity contribution >= 4 is 63.5 Å². The summed E-state index contributed by atoms with van der Waals surface area (Å²) in [5.74, 6) is -2.02. The largest absolute Gasteiger partial charge is 0.548 e. The van der Waals surface area contributed by atoms with Gasteiger partial charge in [0.1, 0.15) is 9.34 Å². The lowest BCUT2D eigenvalue weighted by molar-refractivity contribution is -0.384. The summed E-state index contributed by atoms with van der Waals surface area (Å²) in [6, 6.07) is 4.06. The minimum absolute atomic E-state index is 0.0216. The SMILES string of the molecule is O=C([O-])CN1C(=O)/C(=C\c2ccc(Cl)c([N+](=O)[O-])c2)SC1=S. The summed E-state index contributed by atoms with van der Waals surface area (Å²) in [7, 11) is 0. The standard InChI is InChI=1S/C12H7ClN2O5S2/c13-7-2-1-6(3-8(7)15(19)20)4-9-11(18)14(5-10(16)17)12(21)22-9/h1-4H,5H2,(H,16,17)/p-1/b9-4+. The summed E-state index contributed by atoms with van der Waals surface area (Å²) in [5.41, 5.74) is 0.0886. The second-order valence-corrected chi connectivity index (χ2v) is 6.19. The Morgan fingerprint density at radius 3 is 2.77 bits per heavy atom. The molecule has 0 bridgehead atoms. The molecule has 0 radical (unpaired) electrons. The number of hydrogen-bond acceptors (Lipinski definition) is 7. The number of nitro groups is 1. The molecule has 2 rings (SSSR count). The lowest BCUT2D eigenvalue weighted by atomic mass is 10.2. The Hall–Kier alpha value is -1.97. The van der Waals surface area contributed by atoms with E-state index in [1.807, 2.05) is 0 Å². The fourth-order valence-electron chi connectivity index (χ4n) is 1.68. The van der Waals surface area contributed by atoms with Crippen molar-refractivity contribution in [2.45, 2.75) is 0 Å². The van der Waals surface area contributed by atoms with Gasteiger partial charge in [0.05, 0.1) is 22.3 Å². The van der Waals surface area contributed by atoms with Crippen LogP contribution in [-0.4, -0.2) is 32.6 Å². The van der Waals surface area contributed by atoms with Crippen molar-refractivity contribution < 1.29 is 19.6 Å². The van der Waals surface area contributed by atoms with E-state index in [0.717, 1.165) is 16.7 Å². The van der Waals surface area contributed by atoms with Gasteiger partial charge in [-0.2, -0.15) is 0 Å². The predicted molar refractivity (Wildman–Crippen MR) is 83.0 cm³/mol. The smallest absolute Gasteiger partial charge is 0.288 e. The number of thioether (sulfide) groups is 1. The highest BCUT2D eigenvalue weighted by Gasteiger charge is 2.32. The highest BCUT2D eigenvalue weighted by Crippen LogP contribution is 2.33. The van der Waals surface area contributed by atoms with E-state index in [2.05, 4.69) is 0 Å². The van der Waals surface area contributed by atoms with Gasteiger partial charge in [-0.3, -0.25) is 19.8 Å². The fraction of sp³-hybridized carbons (Fsp3) is 0.0833. The Balaban J connectivity index is 2.33. The van der Waals surface area contributed by atoms with Gasteiger partial charge in [0, 0.05) is 6.07 Å². The summed E-state index contributed by atoms with van der Waals surface area (Å²) in [5, 5.41) is 21.4. The Morgan fingerprint density at radius 1 is 1.50 bits per heavy atom. The van der Waals surface area contributed by atoms with Gasteiger partial charge in [0.2, 0.25) is 0 Å². The predicted octanol–water partition coefficient (Wildman–Crippen LogP) is 1.20. The van der Waals surface area contributed by atoms with Crippen molar-refractivity contribution in [1.29, 1.82) is 0 Å². The van der Waals surface area contributed by atoms with Gasteiger partial charge in [-0.05, 0) is 17.7 Å². The van der Waals surface area contributed by atoms with E-state index in [0.29, 0.717) is 5.56 Å². The number of nitro benzene ring substituents is 1. The number of benzene rings is 1. The Morgan fingerprint density at radius 2 is 2.18 bits per heavy atom. The molecule has 10 heteroatoms. The number of aliphatic carboxylic acids is 1. The number of hydrogen-bond donors (Lipinski definition) is 0. The van der Waals surface area contributed by atoms with Gasteiger partial charge in [0.15, 0.2) is 0 Å². The first-order chi connectivity index (χ1) is 10.3. The zero-order valence-electron chi connectivity index (χ0n) is 10.6. The van der Waals surface area contributed by atoms with Gasteiger partial charge in [0.25, 0.3) is 11.6 Å². The maximum Gasteiger partial charge on any atom is 0.288 e. The first kappa shape index (κ1) is 16.4. The molecule has 22 heavy (non-hydrogen) atoms. The van der Waals surface area contributed by atoms with Crippen molar-refractivity contribution in [2.75, 3.05) is 6.54 Å². The van der Waals surface area contributed by atoms with Crippen molar-refractivity contribution in [1.82, 2.24) is 4.90 Å². The van der Waals surface area contributed by atoms with Crippen LogP contribution < -0.4 is 5.11 Å². The molecule has 0 aliphatic carbocycles. The van der Waals surface area contributed by atoms with Gasteiger partial charge in [-0.1, -0.05) is 41.6 Å². The minimum Gasteiger partial charge on any atom is -0.548 e. The van der Waals surface area contributed by atoms with Crippen molar-refractivity contribution in [3.05, 3.63) is 43.8 Å². The Bertz CT molecular complexity index is 734. The molecule has 0 unspecified atom stereocenters. The van der Waals surface area contributed by atoms with Gasteiger partial charge < -0.3 is 9.90 Å². The molecule has 1 aliphatic heterocycles. The average Bonchev–Trinajstić information content (AvgIpc) is 2.68. The van der Waals surface area contributed by atoms with Crippen LogP contribution in [0.3, 0.4) is 0 Å². The molecule has 0 saturated carbocycles. The maximum atomic E-state index is 12.0. The van der Waals surface area contributed by atoms with Crippen LogP contribution in [0.15, 0.2) is 23.1 Å². The number of halogens is 1. The first-order valence-electron chi connectivity index (χ1n) is 5.68. The van der Waals surface area contributed by atoms with Crippen LogP contribution in [0.4, 0.5) is 5.69 Å². The topological polar surface area (TPSA) is 104 Å². The van der Waals surface area contributed by atoms with Crippen LogP contribution in [0.5, 0.6) is 0 Å². The molecule has 0 spiro atoms. The lowest BCUT2D eigenvalue weighted by Crippen LogP contribution is -2.40. The van der Waals surface area contributed by atoms with Crippen molar-refractivity contribution in [3.8, 4) is 0 Å². The summed E-state index contributed by atoms with van der Waals surface area (Å²) < 4.78 is 0.0870. The zero-order chi connectivity index (χ0) is 16.4. The molecular weight excluding hydrogens is 352 g/mol. The fourth-order valence-corrected chi connectivity index (χ4v) is 3.12. The number of nitrogens with zero attached hydrogens (tertiary/aromatic N) is 2. The van der Waals surface area contributed by atoms with Gasteiger partial charge >= 0.3 is 0 Å². The Kier molecular flexibility index (Phi) is 4.79. The molecule has 1 saturated heterocycles. The first-order valence-corrected chi connectivity index (χ1v) is 7.29. The van der Waals surface area contributed by atoms with Crippen LogP contribution in [0.2, 0.25) is 5.02 Å². The second-order valence-electron chi connectivity index (χ2n) is 4.11. The van der Waals surface area contributed by atoms with Crippen LogP contribution >= 0.6 is 35.6 Å². The zero-order valence-corrected chi connectivity index (χ0v) is 13.0. The van der Waals surface area contributed by atoms with E-state index in [9.17, 15) is 24.8 Å². The normalized spacial score (nSPS) is 16.4. The molecule has 1 amide bonds. The highest BCUT2D eigenvalue weighted by molar-refractivity contribution is 8.26. The van der Waals surface area contributed by atoms with Crippen molar-refractivity contribution in [2.24, 2.45) is 0 Å². The third-order valence-corrected chi connectivity index (χ3v) is 4.32. The number of thiocarbonyl (C=S) groups is 1. The molecule has 1 aliphatic rings. The summed E-state index contributed by atoms with van der Waals surface area (Å²) in [6.07, 6.45) is 1.39. The summed E-state index contributed by atoms with van der Waals surface area (Å²) in [4.78, 5) is 33.9. The van der Waals surface area contributed by atoms with Crippen LogP contribution in [0.25, 0.3) is 6.08 Å². The van der Waals surface area contributed by atoms with E-state index < -0.39 is 23.3 Å². The van der Waals surface area contributed by atoms with E-state index in [-0.39, 0.29) is 19.9 Å². The van der Waals surface area contributed by atoms with E-state index in [1.54, 1.807) is 0 Å². The molecular formula is C12H6ClN2O5S2-.